The van der Waals surface area contributed by atoms with Gasteiger partial charge >= 0.3 is 0 Å². The summed E-state index contributed by atoms with van der Waals surface area (Å²) in [5.74, 6) is -0.0504. The number of carbonyl (C=O) groups is 1. The standard InChI is InChI=1S/C15H22ClN3O/c1-19(12-5-3-2-4-6-12)10-15(20)18-14-9-11(17)7-8-13(14)16/h7-9,12H,2-6,10,17H2,1H3,(H,18,20). The van der Waals surface area contributed by atoms with Crippen LogP contribution in [0.2, 0.25) is 5.02 Å². The van der Waals surface area contributed by atoms with Crippen LogP contribution in [0.1, 0.15) is 32.1 Å². The SMILES string of the molecule is CN(CC(=O)Nc1cc(N)ccc1Cl)C1CCCCC1. The van der Waals surface area contributed by atoms with E-state index in [1.165, 1.54) is 32.1 Å². The third kappa shape index (κ3) is 4.12. The lowest BCUT2D eigenvalue weighted by Crippen LogP contribution is -2.39. The van der Waals surface area contributed by atoms with Crippen LogP contribution >= 0.6 is 11.6 Å². The van der Waals surface area contributed by atoms with Gasteiger partial charge in [0.05, 0.1) is 17.3 Å². The van der Waals surface area contributed by atoms with E-state index in [9.17, 15) is 4.79 Å². The van der Waals surface area contributed by atoms with Crippen LogP contribution in [0.4, 0.5) is 11.4 Å². The average molecular weight is 296 g/mol. The second-order valence-corrected chi connectivity index (χ2v) is 5.90. The minimum absolute atomic E-state index is 0.0504. The Morgan fingerprint density at radius 3 is 2.80 bits per heavy atom. The van der Waals surface area contributed by atoms with Gasteiger partial charge in [-0.3, -0.25) is 9.69 Å². The van der Waals surface area contributed by atoms with E-state index in [-0.39, 0.29) is 5.91 Å². The second kappa shape index (κ2) is 6.95. The number of amides is 1. The lowest BCUT2D eigenvalue weighted by atomic mass is 9.94. The number of likely N-dealkylation sites (N-methyl/N-ethyl adjacent to an activating group) is 1. The fourth-order valence-corrected chi connectivity index (χ4v) is 2.87. The van der Waals surface area contributed by atoms with Crippen LogP contribution in [-0.2, 0) is 4.79 Å². The van der Waals surface area contributed by atoms with Crippen molar-refractivity contribution in [2.45, 2.75) is 38.1 Å². The van der Waals surface area contributed by atoms with Crippen molar-refractivity contribution in [1.29, 1.82) is 0 Å². The fraction of sp³-hybridized carbons (Fsp3) is 0.533. The maximum atomic E-state index is 12.1. The van der Waals surface area contributed by atoms with Crippen molar-refractivity contribution < 1.29 is 4.79 Å². The number of nitrogens with one attached hydrogen (secondary N) is 1. The van der Waals surface area contributed by atoms with E-state index >= 15 is 0 Å². The first-order valence-electron chi connectivity index (χ1n) is 7.11. The van der Waals surface area contributed by atoms with Gasteiger partial charge in [0.1, 0.15) is 0 Å². The van der Waals surface area contributed by atoms with Crippen molar-refractivity contribution in [2.24, 2.45) is 0 Å². The molecular formula is C15H22ClN3O. The molecule has 0 aliphatic heterocycles. The van der Waals surface area contributed by atoms with E-state index in [1.807, 2.05) is 7.05 Å². The smallest absolute Gasteiger partial charge is 0.238 e. The zero-order chi connectivity index (χ0) is 14.5. The third-order valence-corrected chi connectivity index (χ3v) is 4.19. The number of nitrogens with two attached hydrogens (primary N) is 1. The molecule has 1 aliphatic carbocycles. The Bertz CT molecular complexity index is 472. The number of nitrogens with zero attached hydrogens (tertiary/aromatic N) is 1. The molecule has 0 heterocycles. The Hall–Kier alpha value is -1.26. The van der Waals surface area contributed by atoms with Gasteiger partial charge in [-0.05, 0) is 38.1 Å². The van der Waals surface area contributed by atoms with Gasteiger partial charge in [0.25, 0.3) is 0 Å². The molecular weight excluding hydrogens is 274 g/mol. The topological polar surface area (TPSA) is 58.4 Å². The summed E-state index contributed by atoms with van der Waals surface area (Å²) in [6, 6.07) is 5.61. The molecule has 3 N–H and O–H groups in total. The number of halogens is 1. The van der Waals surface area contributed by atoms with E-state index in [0.29, 0.717) is 29.0 Å². The first-order valence-corrected chi connectivity index (χ1v) is 7.49. The monoisotopic (exact) mass is 295 g/mol. The highest BCUT2D eigenvalue weighted by atomic mass is 35.5. The van der Waals surface area contributed by atoms with Crippen molar-refractivity contribution in [1.82, 2.24) is 4.90 Å². The molecule has 110 valence electrons. The van der Waals surface area contributed by atoms with E-state index < -0.39 is 0 Å². The molecule has 20 heavy (non-hydrogen) atoms. The summed E-state index contributed by atoms with van der Waals surface area (Å²) in [5.41, 5.74) is 6.87. The van der Waals surface area contributed by atoms with Crippen LogP contribution in [-0.4, -0.2) is 30.4 Å². The Morgan fingerprint density at radius 2 is 2.10 bits per heavy atom. The number of nitrogen functional groups attached to an aromatic ring is 1. The van der Waals surface area contributed by atoms with Crippen molar-refractivity contribution in [2.75, 3.05) is 24.6 Å². The molecule has 4 nitrogen and oxygen atoms in total. The molecule has 1 aliphatic rings. The number of carbonyl (C=O) groups excluding carboxylic acids is 1. The van der Waals surface area contributed by atoms with Gasteiger partial charge in [-0.15, -0.1) is 0 Å². The van der Waals surface area contributed by atoms with E-state index in [4.69, 9.17) is 17.3 Å². The lowest BCUT2D eigenvalue weighted by molar-refractivity contribution is -0.117. The quantitative estimate of drug-likeness (QED) is 0.839. The number of benzene rings is 1. The van der Waals surface area contributed by atoms with Crippen molar-refractivity contribution in [3.63, 3.8) is 0 Å². The molecule has 1 amide bonds. The fourth-order valence-electron chi connectivity index (χ4n) is 2.71. The van der Waals surface area contributed by atoms with Crippen molar-refractivity contribution >= 4 is 28.9 Å². The van der Waals surface area contributed by atoms with Crippen molar-refractivity contribution in [3.8, 4) is 0 Å². The first kappa shape index (κ1) is 15.1. The molecule has 0 radical (unpaired) electrons. The van der Waals surface area contributed by atoms with E-state index in [2.05, 4.69) is 10.2 Å². The predicted octanol–water partition coefficient (Wildman–Crippen LogP) is 3.13. The van der Waals surface area contributed by atoms with Crippen LogP contribution in [0.3, 0.4) is 0 Å². The van der Waals surface area contributed by atoms with Gasteiger partial charge in [0.2, 0.25) is 5.91 Å². The summed E-state index contributed by atoms with van der Waals surface area (Å²) in [5, 5.41) is 3.34. The maximum Gasteiger partial charge on any atom is 0.238 e. The largest absolute Gasteiger partial charge is 0.399 e. The summed E-state index contributed by atoms with van der Waals surface area (Å²) >= 11 is 6.04. The molecule has 0 saturated heterocycles. The van der Waals surface area contributed by atoms with Crippen LogP contribution in [0.25, 0.3) is 0 Å². The molecule has 2 rings (SSSR count). The van der Waals surface area contributed by atoms with Gasteiger partial charge in [-0.25, -0.2) is 0 Å². The molecule has 1 aromatic carbocycles. The van der Waals surface area contributed by atoms with Crippen LogP contribution < -0.4 is 11.1 Å². The maximum absolute atomic E-state index is 12.1. The zero-order valence-corrected chi connectivity index (χ0v) is 12.6. The number of rotatable bonds is 4. The summed E-state index contributed by atoms with van der Waals surface area (Å²) in [4.78, 5) is 14.2. The van der Waals surface area contributed by atoms with Crippen LogP contribution in [0.5, 0.6) is 0 Å². The first-order chi connectivity index (χ1) is 9.56. The van der Waals surface area contributed by atoms with Crippen LogP contribution in [0.15, 0.2) is 18.2 Å². The molecule has 1 aromatic rings. The zero-order valence-electron chi connectivity index (χ0n) is 11.9. The third-order valence-electron chi connectivity index (χ3n) is 3.86. The van der Waals surface area contributed by atoms with Crippen molar-refractivity contribution in [3.05, 3.63) is 23.2 Å². The highest BCUT2D eigenvalue weighted by Crippen LogP contribution is 2.24. The molecule has 0 aromatic heterocycles. The predicted molar refractivity (Wildman–Crippen MR) is 84.0 cm³/mol. The minimum Gasteiger partial charge on any atom is -0.399 e. The Balaban J connectivity index is 1.89. The van der Waals surface area contributed by atoms with E-state index in [1.54, 1.807) is 18.2 Å². The molecule has 0 unspecified atom stereocenters. The average Bonchev–Trinajstić information content (AvgIpc) is 2.43. The number of anilines is 2. The lowest BCUT2D eigenvalue weighted by Gasteiger charge is -2.30. The van der Waals surface area contributed by atoms with Gasteiger partial charge in [-0.2, -0.15) is 0 Å². The number of hydrogen-bond acceptors (Lipinski definition) is 3. The normalized spacial score (nSPS) is 16.4. The van der Waals surface area contributed by atoms with Gasteiger partial charge in [0.15, 0.2) is 0 Å². The molecule has 0 bridgehead atoms. The van der Waals surface area contributed by atoms with Crippen LogP contribution in [0, 0.1) is 0 Å². The second-order valence-electron chi connectivity index (χ2n) is 5.49. The summed E-state index contributed by atoms with van der Waals surface area (Å²) < 4.78 is 0. The van der Waals surface area contributed by atoms with Gasteiger partial charge < -0.3 is 11.1 Å². The molecule has 5 heteroatoms. The Labute approximate surface area is 125 Å². The molecule has 0 atom stereocenters. The molecule has 1 saturated carbocycles. The summed E-state index contributed by atoms with van der Waals surface area (Å²) in [6.45, 7) is 0.385. The highest BCUT2D eigenvalue weighted by Gasteiger charge is 2.20. The minimum atomic E-state index is -0.0504. The van der Waals surface area contributed by atoms with E-state index in [0.717, 1.165) is 0 Å². The molecule has 1 fully saturated rings. The number of hydrogen-bond donors (Lipinski definition) is 2. The summed E-state index contributed by atoms with van der Waals surface area (Å²) in [6.07, 6.45) is 6.20. The van der Waals surface area contributed by atoms with Gasteiger partial charge in [-0.1, -0.05) is 30.9 Å². The highest BCUT2D eigenvalue weighted by molar-refractivity contribution is 6.33. The Kier molecular flexibility index (Phi) is 5.26. The van der Waals surface area contributed by atoms with Gasteiger partial charge in [0, 0.05) is 11.7 Å². The Morgan fingerprint density at radius 1 is 1.40 bits per heavy atom. The molecule has 0 spiro atoms. The summed E-state index contributed by atoms with van der Waals surface area (Å²) in [7, 11) is 2.01.